The number of nitrogens with two attached hydrogens (primary N) is 6. The molecule has 0 spiro atoms. The fourth-order valence-corrected chi connectivity index (χ4v) is 3.32. The number of carbonyl (C=O) groups is 5. The van der Waals surface area contributed by atoms with E-state index < -0.39 is 60.2 Å². The van der Waals surface area contributed by atoms with Crippen molar-refractivity contribution in [2.24, 2.45) is 50.3 Å². The van der Waals surface area contributed by atoms with Crippen LogP contribution >= 0.6 is 0 Å². The van der Waals surface area contributed by atoms with Crippen molar-refractivity contribution < 1.29 is 29.1 Å². The lowest BCUT2D eigenvalue weighted by Crippen LogP contribution is -2.59. The molecule has 4 amide bonds. The van der Waals surface area contributed by atoms with Crippen LogP contribution in [0.5, 0.6) is 0 Å². The number of carboxylic acids is 1. The van der Waals surface area contributed by atoms with Crippen LogP contribution in [0, 0.1) is 5.92 Å². The van der Waals surface area contributed by atoms with Crippen LogP contribution < -0.4 is 50.4 Å². The standard InChI is InChI=1S/C22H43N11O6/c1-3-11(2)16(33-17(35)12(23)6-4-8-29-21(25)26)19(37)32-14(10-15(24)34)18(36)31-13(20(38)39)7-5-9-30-22(27)28/h11-14,16H,3-10,23H2,1-2H3,(H2,24,34)(H,31,36)(H,32,37)(H,33,35)(H,38,39)(H4,25,26,29)(H4,27,28,30). The average Bonchev–Trinajstić information content (AvgIpc) is 2.84. The maximum Gasteiger partial charge on any atom is 0.326 e. The van der Waals surface area contributed by atoms with Gasteiger partial charge in [-0.15, -0.1) is 0 Å². The van der Waals surface area contributed by atoms with Crippen molar-refractivity contribution in [2.75, 3.05) is 13.1 Å². The predicted octanol–water partition coefficient (Wildman–Crippen LogP) is -4.12. The molecule has 0 heterocycles. The zero-order chi connectivity index (χ0) is 30.1. The summed E-state index contributed by atoms with van der Waals surface area (Å²) in [4.78, 5) is 69.4. The average molecular weight is 558 g/mol. The highest BCUT2D eigenvalue weighted by Crippen LogP contribution is 2.10. The van der Waals surface area contributed by atoms with Crippen molar-refractivity contribution in [1.29, 1.82) is 0 Å². The Bertz CT molecular complexity index is 903. The van der Waals surface area contributed by atoms with Gasteiger partial charge in [-0.25, -0.2) is 4.79 Å². The number of guanidine groups is 2. The molecule has 222 valence electrons. The molecule has 0 aromatic heterocycles. The van der Waals surface area contributed by atoms with Gasteiger partial charge in [-0.3, -0.25) is 29.2 Å². The maximum atomic E-state index is 13.1. The van der Waals surface area contributed by atoms with E-state index in [0.717, 1.165) is 0 Å². The number of hydrogen-bond acceptors (Lipinski definition) is 8. The Labute approximate surface area is 226 Å². The zero-order valence-electron chi connectivity index (χ0n) is 22.4. The Hall–Kier alpha value is -4.15. The van der Waals surface area contributed by atoms with E-state index in [9.17, 15) is 29.1 Å². The molecule has 39 heavy (non-hydrogen) atoms. The molecule has 16 N–H and O–H groups in total. The molecule has 17 heteroatoms. The van der Waals surface area contributed by atoms with Gasteiger partial charge < -0.3 is 55.5 Å². The zero-order valence-corrected chi connectivity index (χ0v) is 22.4. The molecule has 0 aliphatic carbocycles. The van der Waals surface area contributed by atoms with Gasteiger partial charge in [0.05, 0.1) is 12.5 Å². The third-order valence-electron chi connectivity index (χ3n) is 5.70. The second-order valence-electron chi connectivity index (χ2n) is 9.01. The van der Waals surface area contributed by atoms with E-state index in [-0.39, 0.29) is 50.2 Å². The first-order valence-corrected chi connectivity index (χ1v) is 12.5. The molecular formula is C22H43N11O6. The topological polar surface area (TPSA) is 323 Å². The minimum absolute atomic E-state index is 0.0261. The third kappa shape index (κ3) is 15.0. The summed E-state index contributed by atoms with van der Waals surface area (Å²) in [5, 5.41) is 16.7. The summed E-state index contributed by atoms with van der Waals surface area (Å²) < 4.78 is 0. The van der Waals surface area contributed by atoms with Crippen LogP contribution in [0.2, 0.25) is 0 Å². The van der Waals surface area contributed by atoms with Crippen LogP contribution in [0.15, 0.2) is 9.98 Å². The number of hydrogen-bond donors (Lipinski definition) is 10. The number of nitrogens with zero attached hydrogens (tertiary/aromatic N) is 2. The molecule has 5 atom stereocenters. The van der Waals surface area contributed by atoms with Crippen molar-refractivity contribution in [2.45, 2.75) is 76.5 Å². The quantitative estimate of drug-likeness (QED) is 0.0413. The number of aliphatic imine (C=N–C) groups is 2. The number of carbonyl (C=O) groups excluding carboxylic acids is 4. The van der Waals surface area contributed by atoms with Crippen LogP contribution in [0.1, 0.15) is 52.4 Å². The molecule has 17 nitrogen and oxygen atoms in total. The molecule has 0 bridgehead atoms. The first kappa shape index (κ1) is 34.9. The molecule has 0 aliphatic heterocycles. The monoisotopic (exact) mass is 557 g/mol. The van der Waals surface area contributed by atoms with Crippen LogP contribution in [0.3, 0.4) is 0 Å². The summed E-state index contributed by atoms with van der Waals surface area (Å²) in [6.45, 7) is 3.90. The number of carboxylic acid groups (broad SMARTS) is 1. The van der Waals surface area contributed by atoms with Crippen molar-refractivity contribution in [3.63, 3.8) is 0 Å². The first-order chi connectivity index (χ1) is 18.2. The van der Waals surface area contributed by atoms with Crippen molar-refractivity contribution in [1.82, 2.24) is 16.0 Å². The van der Waals surface area contributed by atoms with Gasteiger partial charge in [0.1, 0.15) is 18.1 Å². The number of rotatable bonds is 19. The van der Waals surface area contributed by atoms with E-state index in [1.54, 1.807) is 13.8 Å². The fourth-order valence-electron chi connectivity index (χ4n) is 3.32. The van der Waals surface area contributed by atoms with Gasteiger partial charge in [-0.05, 0) is 31.6 Å². The highest BCUT2D eigenvalue weighted by molar-refractivity contribution is 5.96. The van der Waals surface area contributed by atoms with Gasteiger partial charge in [0.25, 0.3) is 0 Å². The van der Waals surface area contributed by atoms with Crippen molar-refractivity contribution >= 4 is 41.5 Å². The van der Waals surface area contributed by atoms with E-state index in [2.05, 4.69) is 25.9 Å². The second kappa shape index (κ2) is 18.2. The largest absolute Gasteiger partial charge is 0.480 e. The Balaban J connectivity index is 5.46. The molecule has 0 rings (SSSR count). The molecule has 0 radical (unpaired) electrons. The Morgan fingerprint density at radius 2 is 1.28 bits per heavy atom. The molecule has 0 saturated carbocycles. The SMILES string of the molecule is CCC(C)C(NC(=O)C(N)CCCN=C(N)N)C(=O)NC(CC(N)=O)C(=O)NC(CCCN=C(N)N)C(=O)O. The minimum atomic E-state index is -1.49. The van der Waals surface area contributed by atoms with E-state index in [1.807, 2.05) is 0 Å². The van der Waals surface area contributed by atoms with Gasteiger partial charge >= 0.3 is 5.97 Å². The maximum absolute atomic E-state index is 13.1. The fraction of sp³-hybridized carbons (Fsp3) is 0.682. The summed E-state index contributed by atoms with van der Waals surface area (Å²) in [6.07, 6.45) is 0.733. The van der Waals surface area contributed by atoms with Gasteiger partial charge in [0.15, 0.2) is 11.9 Å². The normalized spacial score (nSPS) is 14.4. The Kier molecular flexibility index (Phi) is 16.2. The van der Waals surface area contributed by atoms with Gasteiger partial charge in [-0.1, -0.05) is 20.3 Å². The van der Waals surface area contributed by atoms with Gasteiger partial charge in [-0.2, -0.15) is 0 Å². The van der Waals surface area contributed by atoms with Crippen LogP contribution in [0.4, 0.5) is 0 Å². The smallest absolute Gasteiger partial charge is 0.326 e. The molecule has 0 aromatic carbocycles. The van der Waals surface area contributed by atoms with Crippen LogP contribution in [-0.2, 0) is 24.0 Å². The molecular weight excluding hydrogens is 514 g/mol. The van der Waals surface area contributed by atoms with Gasteiger partial charge in [0.2, 0.25) is 23.6 Å². The van der Waals surface area contributed by atoms with Crippen molar-refractivity contribution in [3.05, 3.63) is 0 Å². The number of amides is 4. The summed E-state index contributed by atoms with van der Waals surface area (Å²) >= 11 is 0. The van der Waals surface area contributed by atoms with E-state index >= 15 is 0 Å². The molecule has 5 unspecified atom stereocenters. The minimum Gasteiger partial charge on any atom is -0.480 e. The Morgan fingerprint density at radius 1 is 0.769 bits per heavy atom. The van der Waals surface area contributed by atoms with Crippen molar-refractivity contribution in [3.8, 4) is 0 Å². The predicted molar refractivity (Wildman–Crippen MR) is 144 cm³/mol. The summed E-state index contributed by atoms with van der Waals surface area (Å²) in [5.41, 5.74) is 32.2. The van der Waals surface area contributed by atoms with E-state index in [1.165, 1.54) is 0 Å². The number of aliphatic carboxylic acids is 1. The summed E-state index contributed by atoms with van der Waals surface area (Å²) in [6, 6.07) is -4.91. The van der Waals surface area contributed by atoms with Gasteiger partial charge in [0, 0.05) is 13.1 Å². The molecule has 0 fully saturated rings. The summed E-state index contributed by atoms with van der Waals surface area (Å²) in [5.74, 6) is -5.21. The molecule has 0 saturated heterocycles. The lowest BCUT2D eigenvalue weighted by molar-refractivity contribution is -0.142. The third-order valence-corrected chi connectivity index (χ3v) is 5.70. The van der Waals surface area contributed by atoms with E-state index in [0.29, 0.717) is 12.8 Å². The summed E-state index contributed by atoms with van der Waals surface area (Å²) in [7, 11) is 0. The lowest BCUT2D eigenvalue weighted by atomic mass is 9.97. The number of nitrogens with one attached hydrogen (secondary N) is 3. The highest BCUT2D eigenvalue weighted by Gasteiger charge is 2.33. The Morgan fingerprint density at radius 3 is 1.74 bits per heavy atom. The van der Waals surface area contributed by atoms with Crippen LogP contribution in [-0.4, -0.2) is 83.9 Å². The lowest BCUT2D eigenvalue weighted by Gasteiger charge is -2.27. The molecule has 0 aliphatic rings. The van der Waals surface area contributed by atoms with E-state index in [4.69, 9.17) is 34.4 Å². The number of primary amides is 1. The highest BCUT2D eigenvalue weighted by atomic mass is 16.4. The first-order valence-electron chi connectivity index (χ1n) is 12.5. The van der Waals surface area contributed by atoms with Crippen LogP contribution in [0.25, 0.3) is 0 Å². The molecule has 0 aromatic rings. The second-order valence-corrected chi connectivity index (χ2v) is 9.01.